The molecule has 1 aliphatic rings. The molecule has 1 aromatic rings. The molecule has 2 heteroatoms. The summed E-state index contributed by atoms with van der Waals surface area (Å²) < 4.78 is 0. The third kappa shape index (κ3) is 4.12. The molecule has 1 N–H and O–H groups in total. The van der Waals surface area contributed by atoms with Crippen LogP contribution in [0.15, 0.2) is 24.4 Å². The lowest BCUT2D eigenvalue weighted by Crippen LogP contribution is -2.35. The second kappa shape index (κ2) is 6.75. The molecule has 2 rings (SSSR count). The Morgan fingerprint density at radius 2 is 2.12 bits per heavy atom. The van der Waals surface area contributed by atoms with Gasteiger partial charge in [-0.25, -0.2) is 0 Å². The van der Waals surface area contributed by atoms with E-state index in [1.54, 1.807) is 0 Å². The van der Waals surface area contributed by atoms with Crippen molar-refractivity contribution in [1.29, 1.82) is 0 Å². The molecule has 94 valence electrons. The van der Waals surface area contributed by atoms with Crippen molar-refractivity contribution in [2.75, 3.05) is 6.54 Å². The zero-order valence-electron chi connectivity index (χ0n) is 10.9. The van der Waals surface area contributed by atoms with Gasteiger partial charge in [0.15, 0.2) is 0 Å². The van der Waals surface area contributed by atoms with Crippen molar-refractivity contribution in [3.8, 4) is 0 Å². The molecule has 2 unspecified atom stereocenters. The van der Waals surface area contributed by atoms with Gasteiger partial charge < -0.3 is 5.32 Å². The molecule has 1 aromatic heterocycles. The van der Waals surface area contributed by atoms with Crippen molar-refractivity contribution in [3.05, 3.63) is 30.1 Å². The largest absolute Gasteiger partial charge is 0.313 e. The summed E-state index contributed by atoms with van der Waals surface area (Å²) in [5.74, 6) is 0.834. The van der Waals surface area contributed by atoms with Gasteiger partial charge in [-0.15, -0.1) is 0 Å². The van der Waals surface area contributed by atoms with Gasteiger partial charge in [-0.1, -0.05) is 32.3 Å². The third-order valence-corrected chi connectivity index (χ3v) is 3.88. The van der Waals surface area contributed by atoms with E-state index in [1.807, 2.05) is 12.3 Å². The molecule has 1 aliphatic carbocycles. The van der Waals surface area contributed by atoms with Gasteiger partial charge in [0.1, 0.15) is 0 Å². The fraction of sp³-hybridized carbons (Fsp3) is 0.667. The fourth-order valence-electron chi connectivity index (χ4n) is 2.73. The van der Waals surface area contributed by atoms with E-state index in [9.17, 15) is 0 Å². The predicted octanol–water partition coefficient (Wildman–Crippen LogP) is 3.18. The molecule has 17 heavy (non-hydrogen) atoms. The van der Waals surface area contributed by atoms with E-state index < -0.39 is 0 Å². The van der Waals surface area contributed by atoms with Crippen molar-refractivity contribution in [3.63, 3.8) is 0 Å². The molecule has 2 nitrogen and oxygen atoms in total. The molecule has 2 atom stereocenters. The highest BCUT2D eigenvalue weighted by molar-refractivity contribution is 5.03. The lowest BCUT2D eigenvalue weighted by atomic mass is 9.97. The van der Waals surface area contributed by atoms with Gasteiger partial charge in [0.05, 0.1) is 0 Å². The van der Waals surface area contributed by atoms with Gasteiger partial charge >= 0.3 is 0 Å². The zero-order valence-corrected chi connectivity index (χ0v) is 10.9. The van der Waals surface area contributed by atoms with Crippen molar-refractivity contribution >= 4 is 0 Å². The fourth-order valence-corrected chi connectivity index (χ4v) is 2.73. The summed E-state index contributed by atoms with van der Waals surface area (Å²) in [5.41, 5.74) is 1.20. The van der Waals surface area contributed by atoms with Crippen LogP contribution in [0.1, 0.15) is 44.7 Å². The highest BCUT2D eigenvalue weighted by Crippen LogP contribution is 2.22. The quantitative estimate of drug-likeness (QED) is 0.806. The van der Waals surface area contributed by atoms with Gasteiger partial charge in [0, 0.05) is 30.9 Å². The van der Waals surface area contributed by atoms with Crippen molar-refractivity contribution < 1.29 is 0 Å². The number of pyridine rings is 1. The average Bonchev–Trinajstić information content (AvgIpc) is 2.56. The zero-order chi connectivity index (χ0) is 11.9. The molecular weight excluding hydrogens is 208 g/mol. The smallest absolute Gasteiger partial charge is 0.0416 e. The van der Waals surface area contributed by atoms with Crippen molar-refractivity contribution in [1.82, 2.24) is 10.3 Å². The first kappa shape index (κ1) is 12.6. The first-order valence-electron chi connectivity index (χ1n) is 6.99. The summed E-state index contributed by atoms with van der Waals surface area (Å²) in [6.07, 6.45) is 9.90. The van der Waals surface area contributed by atoms with E-state index in [-0.39, 0.29) is 0 Å². The monoisotopic (exact) mass is 232 g/mol. The molecule has 0 spiro atoms. The summed E-state index contributed by atoms with van der Waals surface area (Å²) >= 11 is 0. The van der Waals surface area contributed by atoms with Crippen molar-refractivity contribution in [2.24, 2.45) is 5.92 Å². The number of aromatic nitrogens is 1. The maximum atomic E-state index is 4.36. The molecule has 0 radical (unpaired) electrons. The van der Waals surface area contributed by atoms with Crippen LogP contribution in [0.5, 0.6) is 0 Å². The Kier molecular flexibility index (Phi) is 4.99. The first-order chi connectivity index (χ1) is 8.36. The average molecular weight is 232 g/mol. The summed E-state index contributed by atoms with van der Waals surface area (Å²) in [6, 6.07) is 6.88. The minimum atomic E-state index is 0.723. The first-order valence-corrected chi connectivity index (χ1v) is 6.99. The maximum absolute atomic E-state index is 4.36. The Morgan fingerprint density at radius 1 is 1.24 bits per heavy atom. The summed E-state index contributed by atoms with van der Waals surface area (Å²) in [7, 11) is 0. The number of nitrogens with zero attached hydrogens (tertiary/aromatic N) is 1. The molecule has 1 fully saturated rings. The Labute approximate surface area is 105 Å². The highest BCUT2D eigenvalue weighted by Gasteiger charge is 2.18. The Morgan fingerprint density at radius 3 is 2.94 bits per heavy atom. The Balaban J connectivity index is 1.73. The Bertz CT molecular complexity index is 310. The van der Waals surface area contributed by atoms with Gasteiger partial charge in [-0.05, 0) is 30.9 Å². The summed E-state index contributed by atoms with van der Waals surface area (Å²) in [6.45, 7) is 3.45. The topological polar surface area (TPSA) is 24.9 Å². The second-order valence-electron chi connectivity index (χ2n) is 5.25. The number of rotatable bonds is 4. The molecule has 1 saturated carbocycles. The van der Waals surface area contributed by atoms with Crippen LogP contribution in [0.25, 0.3) is 0 Å². The molecule has 0 saturated heterocycles. The molecule has 0 aliphatic heterocycles. The van der Waals surface area contributed by atoms with Crippen LogP contribution in [-0.2, 0) is 6.42 Å². The van der Waals surface area contributed by atoms with Crippen LogP contribution >= 0.6 is 0 Å². The third-order valence-electron chi connectivity index (χ3n) is 3.88. The van der Waals surface area contributed by atoms with Gasteiger partial charge in [-0.3, -0.25) is 4.98 Å². The standard InChI is InChI=1S/C15H24N2/c1-13-7-3-2-4-9-15(13)17-12-10-14-8-5-6-11-16-14/h5-6,8,11,13,15,17H,2-4,7,9-10,12H2,1H3. The lowest BCUT2D eigenvalue weighted by Gasteiger charge is -2.22. The van der Waals surface area contributed by atoms with Gasteiger partial charge in [0.2, 0.25) is 0 Å². The highest BCUT2D eigenvalue weighted by atomic mass is 14.9. The predicted molar refractivity (Wildman–Crippen MR) is 72.0 cm³/mol. The molecule has 0 aromatic carbocycles. The van der Waals surface area contributed by atoms with E-state index in [4.69, 9.17) is 0 Å². The molecule has 1 heterocycles. The number of hydrogen-bond donors (Lipinski definition) is 1. The second-order valence-corrected chi connectivity index (χ2v) is 5.25. The number of nitrogens with one attached hydrogen (secondary N) is 1. The summed E-state index contributed by atoms with van der Waals surface area (Å²) in [4.78, 5) is 4.36. The van der Waals surface area contributed by atoms with Gasteiger partial charge in [0.25, 0.3) is 0 Å². The molecular formula is C15H24N2. The van der Waals surface area contributed by atoms with Crippen LogP contribution in [0.3, 0.4) is 0 Å². The minimum absolute atomic E-state index is 0.723. The number of hydrogen-bond acceptors (Lipinski definition) is 2. The van der Waals surface area contributed by atoms with Crippen molar-refractivity contribution in [2.45, 2.75) is 51.5 Å². The van der Waals surface area contributed by atoms with Gasteiger partial charge in [-0.2, -0.15) is 0 Å². The minimum Gasteiger partial charge on any atom is -0.313 e. The van der Waals surface area contributed by atoms with Crippen LogP contribution in [0.2, 0.25) is 0 Å². The summed E-state index contributed by atoms with van der Waals surface area (Å²) in [5, 5.41) is 3.72. The van der Waals surface area contributed by atoms with E-state index in [2.05, 4.69) is 29.4 Å². The van der Waals surface area contributed by atoms with Crippen LogP contribution < -0.4 is 5.32 Å². The van der Waals surface area contributed by atoms with E-state index in [0.717, 1.165) is 24.9 Å². The SMILES string of the molecule is CC1CCCCCC1NCCc1ccccn1. The van der Waals surface area contributed by atoms with Crippen LogP contribution in [0, 0.1) is 5.92 Å². The normalized spacial score (nSPS) is 25.5. The lowest BCUT2D eigenvalue weighted by molar-refractivity contribution is 0.359. The Hall–Kier alpha value is -0.890. The maximum Gasteiger partial charge on any atom is 0.0416 e. The van der Waals surface area contributed by atoms with Crippen LogP contribution in [-0.4, -0.2) is 17.6 Å². The van der Waals surface area contributed by atoms with E-state index >= 15 is 0 Å². The van der Waals surface area contributed by atoms with Crippen LogP contribution in [0.4, 0.5) is 0 Å². The molecule has 0 amide bonds. The van der Waals surface area contributed by atoms with E-state index in [0.29, 0.717) is 0 Å². The molecule has 0 bridgehead atoms. The van der Waals surface area contributed by atoms with E-state index in [1.165, 1.54) is 37.8 Å².